The van der Waals surface area contributed by atoms with E-state index in [4.69, 9.17) is 14.2 Å². The number of fused-ring (bicyclic) bond motifs is 1. The summed E-state index contributed by atoms with van der Waals surface area (Å²) in [7, 11) is -4.05. The zero-order valence-corrected chi connectivity index (χ0v) is 25.0. The summed E-state index contributed by atoms with van der Waals surface area (Å²) in [6.45, 7) is 7.96. The fraction of sp³-hybridized carbons (Fsp3) is 0.548. The molecule has 0 bridgehead atoms. The Bertz CT molecular complexity index is 1370. The monoisotopic (exact) mass is 584 g/mol. The van der Waals surface area contributed by atoms with Crippen molar-refractivity contribution in [2.45, 2.75) is 88.7 Å². The Labute approximate surface area is 242 Å². The highest BCUT2D eigenvalue weighted by Gasteiger charge is 2.58. The van der Waals surface area contributed by atoms with E-state index in [0.29, 0.717) is 43.7 Å². The van der Waals surface area contributed by atoms with Crippen LogP contribution < -0.4 is 9.62 Å². The second-order valence-electron chi connectivity index (χ2n) is 11.7. The summed E-state index contributed by atoms with van der Waals surface area (Å²) in [5.41, 5.74) is 2.15. The standard InChI is InChI=1S/C31H40N2O7S/c1-20(2)19-27(40-22(4)34)30(35)32-28-24-9-5-6-11-26(24)33(41(36,37)23-14-12-21(3)13-15-23)29(28)25-10-7-8-16-31(25)38-17-18-39-31/h5-6,9,11-15,20,25,27-29H,7-8,10,16-19H2,1-4H3,(H,32,35)/t25-,27?,28-,29+/m0/s1. The van der Waals surface area contributed by atoms with Gasteiger partial charge < -0.3 is 19.5 Å². The van der Waals surface area contributed by atoms with Gasteiger partial charge in [-0.2, -0.15) is 0 Å². The number of nitrogens with zero attached hydrogens (tertiary/aromatic N) is 1. The smallest absolute Gasteiger partial charge is 0.303 e. The van der Waals surface area contributed by atoms with Gasteiger partial charge in [0.05, 0.1) is 35.9 Å². The molecule has 2 aliphatic heterocycles. The van der Waals surface area contributed by atoms with Gasteiger partial charge in [-0.3, -0.25) is 13.9 Å². The molecule has 222 valence electrons. The van der Waals surface area contributed by atoms with Crippen molar-refractivity contribution < 1.29 is 32.2 Å². The van der Waals surface area contributed by atoms with Gasteiger partial charge in [0.2, 0.25) is 0 Å². The third-order valence-electron chi connectivity index (χ3n) is 8.33. The van der Waals surface area contributed by atoms with Crippen LogP contribution >= 0.6 is 0 Å². The van der Waals surface area contributed by atoms with Crippen molar-refractivity contribution in [1.82, 2.24) is 5.32 Å². The summed E-state index contributed by atoms with van der Waals surface area (Å²) in [6, 6.07) is 12.6. The predicted molar refractivity (Wildman–Crippen MR) is 154 cm³/mol. The van der Waals surface area contributed by atoms with Crippen LogP contribution in [-0.4, -0.2) is 51.4 Å². The van der Waals surface area contributed by atoms with E-state index >= 15 is 0 Å². The number of ether oxygens (including phenoxy) is 3. The van der Waals surface area contributed by atoms with E-state index in [1.54, 1.807) is 36.4 Å². The average molecular weight is 585 g/mol. The molecule has 9 nitrogen and oxygen atoms in total. The largest absolute Gasteiger partial charge is 0.452 e. The molecular formula is C31H40N2O7S. The Hall–Kier alpha value is -2.95. The molecule has 1 unspecified atom stereocenters. The number of carbonyl (C=O) groups excluding carboxylic acids is 2. The minimum absolute atomic E-state index is 0.0945. The summed E-state index contributed by atoms with van der Waals surface area (Å²) in [5.74, 6) is -2.20. The number of esters is 1. The average Bonchev–Trinajstić information content (AvgIpc) is 3.52. The lowest BCUT2D eigenvalue weighted by Crippen LogP contribution is -2.57. The predicted octanol–water partition coefficient (Wildman–Crippen LogP) is 4.64. The molecule has 2 heterocycles. The first-order valence-corrected chi connectivity index (χ1v) is 15.9. The van der Waals surface area contributed by atoms with Crippen molar-refractivity contribution >= 4 is 27.6 Å². The van der Waals surface area contributed by atoms with E-state index in [2.05, 4.69) is 5.32 Å². The molecule has 2 fully saturated rings. The number of aryl methyl sites for hydroxylation is 1. The van der Waals surface area contributed by atoms with Gasteiger partial charge >= 0.3 is 5.97 Å². The second-order valence-corrected chi connectivity index (χ2v) is 13.6. The van der Waals surface area contributed by atoms with Crippen LogP contribution in [0.2, 0.25) is 0 Å². The van der Waals surface area contributed by atoms with Crippen molar-refractivity contribution in [3.8, 4) is 0 Å². The topological polar surface area (TPSA) is 111 Å². The summed E-state index contributed by atoms with van der Waals surface area (Å²) in [5, 5.41) is 3.13. The third kappa shape index (κ3) is 5.74. The van der Waals surface area contributed by atoms with Gasteiger partial charge in [-0.15, -0.1) is 0 Å². The van der Waals surface area contributed by atoms with Crippen molar-refractivity contribution in [3.05, 3.63) is 59.7 Å². The number of amides is 1. The molecule has 10 heteroatoms. The van der Waals surface area contributed by atoms with Gasteiger partial charge in [0, 0.05) is 24.8 Å². The van der Waals surface area contributed by atoms with Crippen LogP contribution in [0.5, 0.6) is 0 Å². The molecule has 1 N–H and O–H groups in total. The quantitative estimate of drug-likeness (QED) is 0.450. The van der Waals surface area contributed by atoms with Crippen LogP contribution in [0.1, 0.15) is 70.0 Å². The number of hydrogen-bond donors (Lipinski definition) is 1. The number of hydrogen-bond acceptors (Lipinski definition) is 7. The summed E-state index contributed by atoms with van der Waals surface area (Å²) in [6.07, 6.45) is 2.45. The van der Waals surface area contributed by atoms with E-state index in [-0.39, 0.29) is 16.7 Å². The number of para-hydroxylation sites is 1. The molecule has 4 atom stereocenters. The number of rotatable bonds is 8. The van der Waals surface area contributed by atoms with Gasteiger partial charge in [0.1, 0.15) is 0 Å². The molecular weight excluding hydrogens is 544 g/mol. The molecule has 1 spiro atoms. The van der Waals surface area contributed by atoms with Crippen LogP contribution in [0.4, 0.5) is 5.69 Å². The highest BCUT2D eigenvalue weighted by atomic mass is 32.2. The molecule has 2 aromatic rings. The minimum atomic E-state index is -4.05. The molecule has 0 radical (unpaired) electrons. The second kappa shape index (κ2) is 11.7. The molecule has 2 aromatic carbocycles. The molecule has 1 aliphatic carbocycles. The molecule has 1 amide bonds. The molecule has 41 heavy (non-hydrogen) atoms. The zero-order valence-electron chi connectivity index (χ0n) is 24.2. The van der Waals surface area contributed by atoms with E-state index in [0.717, 1.165) is 18.4 Å². The Morgan fingerprint density at radius 3 is 2.41 bits per heavy atom. The van der Waals surface area contributed by atoms with Gasteiger partial charge in [-0.25, -0.2) is 8.42 Å². The zero-order chi connectivity index (χ0) is 29.4. The van der Waals surface area contributed by atoms with Gasteiger partial charge in [0.25, 0.3) is 15.9 Å². The number of benzene rings is 2. The number of nitrogens with one attached hydrogen (secondary N) is 1. The Kier molecular flexibility index (Phi) is 8.46. The fourth-order valence-electron chi connectivity index (χ4n) is 6.59. The Morgan fingerprint density at radius 1 is 1.07 bits per heavy atom. The van der Waals surface area contributed by atoms with E-state index in [9.17, 15) is 18.0 Å². The van der Waals surface area contributed by atoms with E-state index in [1.165, 1.54) is 11.2 Å². The highest BCUT2D eigenvalue weighted by Crippen LogP contribution is 2.52. The first kappa shape index (κ1) is 29.5. The molecule has 5 rings (SSSR count). The molecule has 1 saturated carbocycles. The van der Waals surface area contributed by atoms with Gasteiger partial charge in [-0.1, -0.05) is 56.2 Å². The van der Waals surface area contributed by atoms with E-state index < -0.39 is 45.9 Å². The number of sulfonamides is 1. The van der Waals surface area contributed by atoms with Crippen molar-refractivity contribution in [3.63, 3.8) is 0 Å². The lowest BCUT2D eigenvalue weighted by Gasteiger charge is -2.46. The van der Waals surface area contributed by atoms with Crippen LogP contribution in [0, 0.1) is 18.8 Å². The lowest BCUT2D eigenvalue weighted by atomic mass is 9.76. The molecule has 0 aromatic heterocycles. The maximum atomic E-state index is 14.5. The summed E-state index contributed by atoms with van der Waals surface area (Å²) >= 11 is 0. The van der Waals surface area contributed by atoms with Crippen LogP contribution in [0.3, 0.4) is 0 Å². The minimum Gasteiger partial charge on any atom is -0.452 e. The first-order chi connectivity index (χ1) is 19.5. The van der Waals surface area contributed by atoms with Crippen molar-refractivity contribution in [2.75, 3.05) is 17.5 Å². The molecule has 3 aliphatic rings. The maximum absolute atomic E-state index is 14.5. The lowest BCUT2D eigenvalue weighted by molar-refractivity contribution is -0.217. The summed E-state index contributed by atoms with van der Waals surface area (Å²) in [4.78, 5) is 25.8. The number of carbonyl (C=O) groups is 2. The van der Waals surface area contributed by atoms with E-state index in [1.807, 2.05) is 32.9 Å². The SMILES string of the molecule is CC(=O)OC(CC(C)C)C(=O)N[C@H]1c2ccccc2N(S(=O)(=O)c2ccc(C)cc2)[C@@H]1[C@@H]1CCCCC12OCCO2. The Balaban J connectivity index is 1.63. The highest BCUT2D eigenvalue weighted by molar-refractivity contribution is 7.92. The Morgan fingerprint density at radius 2 is 1.76 bits per heavy atom. The number of anilines is 1. The maximum Gasteiger partial charge on any atom is 0.303 e. The normalized spacial score (nSPS) is 24.3. The van der Waals surface area contributed by atoms with Crippen molar-refractivity contribution in [1.29, 1.82) is 0 Å². The first-order valence-electron chi connectivity index (χ1n) is 14.5. The van der Waals surface area contributed by atoms with Gasteiger partial charge in [-0.05, 0) is 50.3 Å². The third-order valence-corrected chi connectivity index (χ3v) is 10.2. The van der Waals surface area contributed by atoms with Crippen LogP contribution in [-0.2, 0) is 33.8 Å². The van der Waals surface area contributed by atoms with Gasteiger partial charge in [0.15, 0.2) is 11.9 Å². The van der Waals surface area contributed by atoms with Crippen molar-refractivity contribution in [2.24, 2.45) is 11.8 Å². The molecule has 1 saturated heterocycles. The summed E-state index contributed by atoms with van der Waals surface area (Å²) < 4.78 is 48.4. The van der Waals surface area contributed by atoms with Crippen LogP contribution in [0.25, 0.3) is 0 Å². The van der Waals surface area contributed by atoms with Crippen LogP contribution in [0.15, 0.2) is 53.4 Å². The fourth-order valence-corrected chi connectivity index (χ4v) is 8.31.